The van der Waals surface area contributed by atoms with Crippen LogP contribution in [-0.2, 0) is 0 Å². The molecule has 0 amide bonds. The molecule has 0 aliphatic heterocycles. The summed E-state index contributed by atoms with van der Waals surface area (Å²) in [5.41, 5.74) is 8.93. The average Bonchev–Trinajstić information content (AvgIpc) is 2.97. The SMILES string of the molecule is C/C(=C/CC/C(C)=C\CC/C(C)=C/CC/C(C)=C/CO)CC/C=C(/C)CC/C=C(\C)CCCC(C)CCCC(C)CCCC(C)C. The van der Waals surface area contributed by atoms with Crippen molar-refractivity contribution in [3.8, 4) is 0 Å². The first-order chi connectivity index (χ1) is 21.9. The van der Waals surface area contributed by atoms with E-state index in [0.29, 0.717) is 0 Å². The number of hydrogen-bond donors (Lipinski definition) is 1. The van der Waals surface area contributed by atoms with Crippen LogP contribution in [0.1, 0.15) is 191 Å². The van der Waals surface area contributed by atoms with Gasteiger partial charge in [0.05, 0.1) is 6.61 Å². The van der Waals surface area contributed by atoms with Crippen molar-refractivity contribution in [2.24, 2.45) is 17.8 Å². The molecular formula is C45H80O. The maximum absolute atomic E-state index is 8.97. The maximum Gasteiger partial charge on any atom is 0.0614 e. The Kier molecular flexibility index (Phi) is 28.5. The van der Waals surface area contributed by atoms with Gasteiger partial charge >= 0.3 is 0 Å². The molecule has 1 nitrogen and oxygen atoms in total. The zero-order valence-corrected chi connectivity index (χ0v) is 32.8. The second-order valence-corrected chi connectivity index (χ2v) is 15.5. The zero-order chi connectivity index (χ0) is 34.6. The van der Waals surface area contributed by atoms with E-state index in [0.717, 1.165) is 49.9 Å². The fourth-order valence-electron chi connectivity index (χ4n) is 6.21. The molecule has 0 heterocycles. The number of aliphatic hydroxyl groups excluding tert-OH is 1. The van der Waals surface area contributed by atoms with Crippen molar-refractivity contribution >= 4 is 0 Å². The van der Waals surface area contributed by atoms with Crippen LogP contribution in [0.25, 0.3) is 0 Å². The second-order valence-electron chi connectivity index (χ2n) is 15.5. The average molecular weight is 637 g/mol. The molecule has 0 radical (unpaired) electrons. The summed E-state index contributed by atoms with van der Waals surface area (Å²) in [7, 11) is 0. The van der Waals surface area contributed by atoms with Crippen molar-refractivity contribution in [2.45, 2.75) is 191 Å². The molecule has 46 heavy (non-hydrogen) atoms. The van der Waals surface area contributed by atoms with Gasteiger partial charge in [0.25, 0.3) is 0 Å². The second kappa shape index (κ2) is 29.5. The summed E-state index contributed by atoms with van der Waals surface area (Å²) < 4.78 is 0. The lowest BCUT2D eigenvalue weighted by molar-refractivity contribution is 0.341. The fourth-order valence-corrected chi connectivity index (χ4v) is 6.21. The summed E-state index contributed by atoms with van der Waals surface area (Å²) >= 11 is 0. The van der Waals surface area contributed by atoms with E-state index in [4.69, 9.17) is 5.11 Å². The molecule has 0 aliphatic rings. The first kappa shape index (κ1) is 44.4. The molecule has 1 heteroatoms. The number of allylic oxidation sites excluding steroid dienone is 11. The molecule has 0 saturated carbocycles. The first-order valence-corrected chi connectivity index (χ1v) is 19.5. The van der Waals surface area contributed by atoms with Crippen LogP contribution in [-0.4, -0.2) is 11.7 Å². The summed E-state index contributed by atoms with van der Waals surface area (Å²) in [5.74, 6) is 2.65. The summed E-state index contributed by atoms with van der Waals surface area (Å²) in [6.07, 6.45) is 38.1. The van der Waals surface area contributed by atoms with Crippen LogP contribution in [0.4, 0.5) is 0 Å². The molecule has 0 aromatic rings. The Balaban J connectivity index is 4.07. The summed E-state index contributed by atoms with van der Waals surface area (Å²) in [5, 5.41) is 8.97. The lowest BCUT2D eigenvalue weighted by Gasteiger charge is -2.15. The minimum absolute atomic E-state index is 0.153. The Morgan fingerprint density at radius 3 is 1.00 bits per heavy atom. The van der Waals surface area contributed by atoms with Crippen LogP contribution >= 0.6 is 0 Å². The monoisotopic (exact) mass is 637 g/mol. The summed E-state index contributed by atoms with van der Waals surface area (Å²) in [6, 6.07) is 0. The predicted molar refractivity (Wildman–Crippen MR) is 211 cm³/mol. The van der Waals surface area contributed by atoms with Gasteiger partial charge in [0.15, 0.2) is 0 Å². The first-order valence-electron chi connectivity index (χ1n) is 19.5. The topological polar surface area (TPSA) is 20.2 Å². The van der Waals surface area contributed by atoms with Gasteiger partial charge in [-0.15, -0.1) is 0 Å². The Labute approximate surface area is 289 Å². The van der Waals surface area contributed by atoms with Crippen LogP contribution in [0.15, 0.2) is 69.9 Å². The Hall–Kier alpha value is -1.60. The van der Waals surface area contributed by atoms with Gasteiger partial charge in [-0.2, -0.15) is 0 Å². The molecule has 0 fully saturated rings. The highest BCUT2D eigenvalue weighted by atomic mass is 16.2. The predicted octanol–water partition coefficient (Wildman–Crippen LogP) is 15.0. The van der Waals surface area contributed by atoms with Crippen molar-refractivity contribution in [1.29, 1.82) is 0 Å². The van der Waals surface area contributed by atoms with Gasteiger partial charge in [0.1, 0.15) is 0 Å². The zero-order valence-electron chi connectivity index (χ0n) is 32.8. The van der Waals surface area contributed by atoms with Crippen molar-refractivity contribution < 1.29 is 5.11 Å². The van der Waals surface area contributed by atoms with Crippen molar-refractivity contribution in [3.63, 3.8) is 0 Å². The highest BCUT2D eigenvalue weighted by Crippen LogP contribution is 2.22. The molecule has 0 rings (SSSR count). The van der Waals surface area contributed by atoms with E-state index in [1.807, 2.05) is 6.08 Å². The Bertz CT molecular complexity index is 934. The Morgan fingerprint density at radius 1 is 0.391 bits per heavy atom. The largest absolute Gasteiger partial charge is 0.392 e. The van der Waals surface area contributed by atoms with Crippen LogP contribution < -0.4 is 0 Å². The summed E-state index contributed by atoms with van der Waals surface area (Å²) in [6.45, 7) is 23.4. The third-order valence-electron chi connectivity index (χ3n) is 9.74. The standard InChI is InChI=1S/C45H80O/c1-37(2)19-11-20-38(3)21-12-22-39(4)23-13-24-40(5)25-14-26-41(6)27-15-28-42(7)29-16-30-43(8)31-17-32-44(9)33-18-34-45(10)35-36-46/h25,27,29,31,33,35,37-39,46H,11-24,26,28,30,32,34,36H2,1-10H3/b40-25+,41-27-,42-29-,43-31-,44-33+,45-35+. The molecule has 0 aliphatic carbocycles. The van der Waals surface area contributed by atoms with Crippen molar-refractivity contribution in [2.75, 3.05) is 6.61 Å². The van der Waals surface area contributed by atoms with E-state index < -0.39 is 0 Å². The van der Waals surface area contributed by atoms with Gasteiger partial charge in [0.2, 0.25) is 0 Å². The molecule has 0 spiro atoms. The third-order valence-corrected chi connectivity index (χ3v) is 9.74. The third kappa shape index (κ3) is 29.8. The lowest BCUT2D eigenvalue weighted by atomic mass is 9.91. The highest BCUT2D eigenvalue weighted by Gasteiger charge is 2.07. The molecule has 2 unspecified atom stereocenters. The van der Waals surface area contributed by atoms with E-state index in [1.165, 1.54) is 112 Å². The number of aliphatic hydroxyl groups is 1. The van der Waals surface area contributed by atoms with Gasteiger partial charge in [-0.3, -0.25) is 0 Å². The van der Waals surface area contributed by atoms with Gasteiger partial charge in [-0.05, 0) is 136 Å². The minimum Gasteiger partial charge on any atom is -0.392 e. The molecule has 1 N–H and O–H groups in total. The smallest absolute Gasteiger partial charge is 0.0614 e. The van der Waals surface area contributed by atoms with E-state index >= 15 is 0 Å². The summed E-state index contributed by atoms with van der Waals surface area (Å²) in [4.78, 5) is 0. The molecule has 2 atom stereocenters. The van der Waals surface area contributed by atoms with E-state index in [9.17, 15) is 0 Å². The number of hydrogen-bond acceptors (Lipinski definition) is 1. The van der Waals surface area contributed by atoms with Crippen LogP contribution in [0.5, 0.6) is 0 Å². The maximum atomic E-state index is 8.97. The molecule has 0 aromatic heterocycles. The van der Waals surface area contributed by atoms with E-state index in [1.54, 1.807) is 11.1 Å². The number of rotatable bonds is 28. The van der Waals surface area contributed by atoms with Crippen LogP contribution in [0, 0.1) is 17.8 Å². The molecule has 0 saturated heterocycles. The van der Waals surface area contributed by atoms with E-state index in [2.05, 4.69) is 99.6 Å². The normalized spacial score (nSPS) is 15.7. The molecule has 0 aromatic carbocycles. The van der Waals surface area contributed by atoms with Gasteiger partial charge in [-0.1, -0.05) is 143 Å². The van der Waals surface area contributed by atoms with Gasteiger partial charge < -0.3 is 5.11 Å². The van der Waals surface area contributed by atoms with Crippen molar-refractivity contribution in [1.82, 2.24) is 0 Å². The van der Waals surface area contributed by atoms with E-state index in [-0.39, 0.29) is 6.61 Å². The molecular weight excluding hydrogens is 556 g/mol. The highest BCUT2D eigenvalue weighted by molar-refractivity contribution is 5.09. The van der Waals surface area contributed by atoms with Crippen LogP contribution in [0.3, 0.4) is 0 Å². The minimum atomic E-state index is 0.153. The lowest BCUT2D eigenvalue weighted by Crippen LogP contribution is -2.00. The van der Waals surface area contributed by atoms with Gasteiger partial charge in [0, 0.05) is 0 Å². The van der Waals surface area contributed by atoms with Crippen LogP contribution in [0.2, 0.25) is 0 Å². The Morgan fingerprint density at radius 2 is 0.674 bits per heavy atom. The van der Waals surface area contributed by atoms with Crippen molar-refractivity contribution in [3.05, 3.63) is 69.9 Å². The quantitative estimate of drug-likeness (QED) is 0.0847. The molecule has 0 bridgehead atoms. The molecule has 266 valence electrons. The fraction of sp³-hybridized carbons (Fsp3) is 0.733. The van der Waals surface area contributed by atoms with Gasteiger partial charge in [-0.25, -0.2) is 0 Å².